The van der Waals surface area contributed by atoms with Gasteiger partial charge in [0, 0.05) is 19.0 Å². The molecule has 0 aliphatic heterocycles. The summed E-state index contributed by atoms with van der Waals surface area (Å²) in [4.78, 5) is 22.1. The van der Waals surface area contributed by atoms with Crippen molar-refractivity contribution in [1.29, 1.82) is 0 Å². The molecule has 2 aliphatic rings. The molecule has 0 radical (unpaired) electrons. The van der Waals surface area contributed by atoms with E-state index in [1.807, 2.05) is 0 Å². The Morgan fingerprint density at radius 3 is 2.50 bits per heavy atom. The van der Waals surface area contributed by atoms with Crippen LogP contribution in [0.2, 0.25) is 0 Å². The zero-order chi connectivity index (χ0) is 14.4. The Bertz CT molecular complexity index is 346. The van der Waals surface area contributed by atoms with Crippen molar-refractivity contribution in [1.82, 2.24) is 10.6 Å². The van der Waals surface area contributed by atoms with Gasteiger partial charge in [0.1, 0.15) is 0 Å². The van der Waals surface area contributed by atoms with E-state index in [1.54, 1.807) is 0 Å². The van der Waals surface area contributed by atoms with Crippen LogP contribution in [0.25, 0.3) is 0 Å². The van der Waals surface area contributed by atoms with Crippen LogP contribution in [0.5, 0.6) is 0 Å². The van der Waals surface area contributed by atoms with Crippen molar-refractivity contribution < 1.29 is 14.7 Å². The van der Waals surface area contributed by atoms with Crippen LogP contribution in [-0.4, -0.2) is 29.7 Å². The first-order chi connectivity index (χ1) is 9.65. The van der Waals surface area contributed by atoms with Crippen LogP contribution in [0.4, 0.5) is 4.79 Å². The highest BCUT2D eigenvalue weighted by Gasteiger charge is 2.39. The Kier molecular flexibility index (Phi) is 5.68. The van der Waals surface area contributed by atoms with Crippen LogP contribution < -0.4 is 10.6 Å². The van der Waals surface area contributed by atoms with Gasteiger partial charge < -0.3 is 15.7 Å². The molecule has 3 N–H and O–H groups in total. The predicted octanol–water partition coefficient (Wildman–Crippen LogP) is 2.51. The Balaban J connectivity index is 1.45. The van der Waals surface area contributed by atoms with Gasteiger partial charge in [-0.05, 0) is 43.9 Å². The SMILES string of the molecule is O=C(O)CCCCCCNC(=O)NC1CC2CCC1C2. The maximum atomic E-state index is 11.8. The first kappa shape index (κ1) is 15.1. The lowest BCUT2D eigenvalue weighted by molar-refractivity contribution is -0.137. The molecule has 0 heterocycles. The van der Waals surface area contributed by atoms with E-state index in [4.69, 9.17) is 5.11 Å². The molecule has 20 heavy (non-hydrogen) atoms. The van der Waals surface area contributed by atoms with Crippen molar-refractivity contribution in [3.63, 3.8) is 0 Å². The van der Waals surface area contributed by atoms with Gasteiger partial charge in [-0.25, -0.2) is 4.79 Å². The average molecular weight is 282 g/mol. The third kappa shape index (κ3) is 4.69. The highest BCUT2D eigenvalue weighted by molar-refractivity contribution is 5.74. The number of aliphatic carboxylic acids is 1. The minimum Gasteiger partial charge on any atom is -0.481 e. The molecule has 2 rings (SSSR count). The Hall–Kier alpha value is -1.26. The van der Waals surface area contributed by atoms with Gasteiger partial charge in [-0.1, -0.05) is 19.3 Å². The number of hydrogen-bond acceptors (Lipinski definition) is 2. The smallest absolute Gasteiger partial charge is 0.315 e. The maximum Gasteiger partial charge on any atom is 0.315 e. The summed E-state index contributed by atoms with van der Waals surface area (Å²) in [6.07, 6.45) is 8.88. The number of rotatable bonds is 8. The summed E-state index contributed by atoms with van der Waals surface area (Å²) in [7, 11) is 0. The monoisotopic (exact) mass is 282 g/mol. The molecule has 3 atom stereocenters. The molecule has 2 fully saturated rings. The number of carbonyl (C=O) groups is 2. The zero-order valence-corrected chi connectivity index (χ0v) is 12.1. The van der Waals surface area contributed by atoms with E-state index >= 15 is 0 Å². The highest BCUT2D eigenvalue weighted by Crippen LogP contribution is 2.44. The van der Waals surface area contributed by atoms with Crippen LogP contribution in [0.1, 0.15) is 57.8 Å². The molecule has 5 nitrogen and oxygen atoms in total. The van der Waals surface area contributed by atoms with Gasteiger partial charge in [0.05, 0.1) is 0 Å². The van der Waals surface area contributed by atoms with Gasteiger partial charge in [-0.3, -0.25) is 4.79 Å². The number of carbonyl (C=O) groups excluding carboxylic acids is 1. The summed E-state index contributed by atoms with van der Waals surface area (Å²) in [5.74, 6) is 0.828. The highest BCUT2D eigenvalue weighted by atomic mass is 16.4. The Morgan fingerprint density at radius 2 is 1.85 bits per heavy atom. The summed E-state index contributed by atoms with van der Waals surface area (Å²) in [5, 5.41) is 14.5. The minimum absolute atomic E-state index is 0.0342. The molecule has 2 saturated carbocycles. The quantitative estimate of drug-likeness (QED) is 0.598. The molecule has 0 aromatic rings. The molecule has 0 aromatic carbocycles. The van der Waals surface area contributed by atoms with Crippen molar-refractivity contribution >= 4 is 12.0 Å². The van der Waals surface area contributed by atoms with Gasteiger partial charge >= 0.3 is 12.0 Å². The van der Waals surface area contributed by atoms with E-state index in [-0.39, 0.29) is 12.5 Å². The summed E-state index contributed by atoms with van der Waals surface area (Å²) >= 11 is 0. The molecular weight excluding hydrogens is 256 g/mol. The zero-order valence-electron chi connectivity index (χ0n) is 12.1. The fourth-order valence-corrected chi connectivity index (χ4v) is 3.60. The molecule has 0 saturated heterocycles. The predicted molar refractivity (Wildman–Crippen MR) is 76.5 cm³/mol. The van der Waals surface area contributed by atoms with Gasteiger partial charge in [0.2, 0.25) is 0 Å². The third-order valence-electron chi connectivity index (χ3n) is 4.66. The number of urea groups is 1. The molecular formula is C15H26N2O3. The fraction of sp³-hybridized carbons (Fsp3) is 0.867. The number of carboxylic acids is 1. The van der Waals surface area contributed by atoms with E-state index in [2.05, 4.69) is 10.6 Å². The van der Waals surface area contributed by atoms with Crippen molar-refractivity contribution in [3.8, 4) is 0 Å². The summed E-state index contributed by atoms with van der Waals surface area (Å²) in [6, 6.07) is 0.359. The van der Waals surface area contributed by atoms with Crippen LogP contribution in [0.3, 0.4) is 0 Å². The largest absolute Gasteiger partial charge is 0.481 e. The molecule has 2 amide bonds. The molecule has 2 aliphatic carbocycles. The number of fused-ring (bicyclic) bond motifs is 2. The normalized spacial score (nSPS) is 27.5. The number of amides is 2. The lowest BCUT2D eigenvalue weighted by Crippen LogP contribution is -2.44. The first-order valence-corrected chi connectivity index (χ1v) is 7.91. The lowest BCUT2D eigenvalue weighted by Gasteiger charge is -2.23. The standard InChI is InChI=1S/C15H26N2O3/c18-14(19)5-3-1-2-4-8-16-15(20)17-13-10-11-6-7-12(13)9-11/h11-13H,1-10H2,(H,18,19)(H2,16,17,20). The van der Waals surface area contributed by atoms with E-state index < -0.39 is 5.97 Å². The van der Waals surface area contributed by atoms with Crippen molar-refractivity contribution in [2.24, 2.45) is 11.8 Å². The number of nitrogens with one attached hydrogen (secondary N) is 2. The Morgan fingerprint density at radius 1 is 1.05 bits per heavy atom. The van der Waals surface area contributed by atoms with Gasteiger partial charge in [-0.2, -0.15) is 0 Å². The molecule has 5 heteroatoms. The van der Waals surface area contributed by atoms with Crippen molar-refractivity contribution in [2.75, 3.05) is 6.54 Å². The van der Waals surface area contributed by atoms with E-state index in [1.165, 1.54) is 19.3 Å². The topological polar surface area (TPSA) is 78.4 Å². The summed E-state index contributed by atoms with van der Waals surface area (Å²) < 4.78 is 0. The van der Waals surface area contributed by atoms with E-state index in [0.29, 0.717) is 18.5 Å². The minimum atomic E-state index is -0.728. The van der Waals surface area contributed by atoms with Crippen LogP contribution in [0.15, 0.2) is 0 Å². The van der Waals surface area contributed by atoms with Gasteiger partial charge in [0.15, 0.2) is 0 Å². The van der Waals surface area contributed by atoms with E-state index in [0.717, 1.165) is 38.0 Å². The summed E-state index contributed by atoms with van der Waals surface area (Å²) in [6.45, 7) is 0.680. The summed E-state index contributed by atoms with van der Waals surface area (Å²) in [5.41, 5.74) is 0. The van der Waals surface area contributed by atoms with E-state index in [9.17, 15) is 9.59 Å². The van der Waals surface area contributed by atoms with Crippen LogP contribution >= 0.6 is 0 Å². The number of unbranched alkanes of at least 4 members (excludes halogenated alkanes) is 3. The third-order valence-corrected chi connectivity index (χ3v) is 4.66. The Labute approximate surface area is 120 Å². The molecule has 2 bridgehead atoms. The molecule has 0 aromatic heterocycles. The second kappa shape index (κ2) is 7.50. The molecule has 3 unspecified atom stereocenters. The lowest BCUT2D eigenvalue weighted by atomic mass is 9.95. The van der Waals surface area contributed by atoms with Gasteiger partial charge in [0.25, 0.3) is 0 Å². The van der Waals surface area contributed by atoms with Gasteiger partial charge in [-0.15, -0.1) is 0 Å². The average Bonchev–Trinajstić information content (AvgIpc) is 2.99. The maximum absolute atomic E-state index is 11.8. The van der Waals surface area contributed by atoms with Crippen molar-refractivity contribution in [3.05, 3.63) is 0 Å². The van der Waals surface area contributed by atoms with Crippen molar-refractivity contribution in [2.45, 2.75) is 63.8 Å². The second-order valence-corrected chi connectivity index (χ2v) is 6.24. The number of carboxylic acid groups (broad SMARTS) is 1. The fourth-order valence-electron chi connectivity index (χ4n) is 3.60. The van der Waals surface area contributed by atoms with Crippen LogP contribution in [0, 0.1) is 11.8 Å². The second-order valence-electron chi connectivity index (χ2n) is 6.24. The molecule has 0 spiro atoms. The molecule has 114 valence electrons. The van der Waals surface area contributed by atoms with Crippen LogP contribution in [-0.2, 0) is 4.79 Å². The number of hydrogen-bond donors (Lipinski definition) is 3. The first-order valence-electron chi connectivity index (χ1n) is 7.91.